The molecule has 0 bridgehead atoms. The van der Waals surface area contributed by atoms with Gasteiger partial charge in [-0.25, -0.2) is 9.78 Å². The number of para-hydroxylation sites is 1. The van der Waals surface area contributed by atoms with Crippen LogP contribution in [0.5, 0.6) is 5.75 Å². The van der Waals surface area contributed by atoms with Gasteiger partial charge in [0, 0.05) is 0 Å². The highest BCUT2D eigenvalue weighted by Gasteiger charge is 2.01. The van der Waals surface area contributed by atoms with Crippen LogP contribution in [0.1, 0.15) is 5.56 Å². The number of anilines is 1. The molecule has 1 heterocycles. The highest BCUT2D eigenvalue weighted by atomic mass is 32.1. The minimum absolute atomic E-state index is 0.355. The second kappa shape index (κ2) is 6.89. The number of carboxylic acids is 1. The number of benzene rings is 2. The average molecular weight is 327 g/mol. The van der Waals surface area contributed by atoms with Crippen molar-refractivity contribution in [1.82, 2.24) is 4.98 Å². The Hall–Kier alpha value is -2.93. The van der Waals surface area contributed by atoms with Crippen LogP contribution in [-0.4, -0.2) is 28.9 Å². The van der Waals surface area contributed by atoms with Crippen LogP contribution in [-0.2, 0) is 4.79 Å². The summed E-state index contributed by atoms with van der Waals surface area (Å²) in [5, 5.41) is 13.4. The van der Waals surface area contributed by atoms with Crippen molar-refractivity contribution >= 4 is 38.9 Å². The molecule has 0 atom stereocenters. The number of carbonyl (C=O) groups is 1. The molecule has 0 saturated heterocycles. The van der Waals surface area contributed by atoms with Crippen LogP contribution in [0.4, 0.5) is 5.13 Å². The first kappa shape index (κ1) is 15.0. The van der Waals surface area contributed by atoms with E-state index >= 15 is 0 Å². The van der Waals surface area contributed by atoms with Crippen molar-refractivity contribution in [1.29, 1.82) is 0 Å². The summed E-state index contributed by atoms with van der Waals surface area (Å²) in [5.74, 6) is -0.501. The van der Waals surface area contributed by atoms with Gasteiger partial charge in [-0.3, -0.25) is 5.43 Å². The molecular formula is C16H13N3O3S. The molecule has 1 aromatic heterocycles. The first-order chi connectivity index (χ1) is 11.2. The van der Waals surface area contributed by atoms with E-state index in [1.54, 1.807) is 30.5 Å². The standard InChI is InChI=1S/C16H13N3O3S/c20-15(21)10-22-12-7-5-11(6-8-12)9-17-19-16-18-13-3-1-2-4-14(13)23-16/h1-9H,10H2,(H,18,19)(H,20,21)/b17-9-. The molecule has 2 aromatic carbocycles. The SMILES string of the molecule is O=C(O)COc1ccc(/C=N\Nc2nc3ccccc3s2)cc1. The maximum absolute atomic E-state index is 10.4. The van der Waals surface area contributed by atoms with E-state index in [1.165, 1.54) is 11.3 Å². The Bertz CT molecular complexity index is 810. The number of fused-ring (bicyclic) bond motifs is 1. The molecule has 0 saturated carbocycles. The summed E-state index contributed by atoms with van der Waals surface area (Å²) in [6, 6.07) is 14.9. The first-order valence-corrected chi connectivity index (χ1v) is 7.62. The number of aromatic nitrogens is 1. The molecule has 0 aliphatic carbocycles. The molecule has 3 aromatic rings. The average Bonchev–Trinajstić information content (AvgIpc) is 2.97. The number of hydrogen-bond acceptors (Lipinski definition) is 6. The van der Waals surface area contributed by atoms with Gasteiger partial charge in [-0.2, -0.15) is 5.10 Å². The second-order valence-electron chi connectivity index (χ2n) is 4.61. The first-order valence-electron chi connectivity index (χ1n) is 6.80. The third-order valence-corrected chi connectivity index (χ3v) is 3.85. The zero-order valence-electron chi connectivity index (χ0n) is 12.0. The third kappa shape index (κ3) is 4.04. The third-order valence-electron chi connectivity index (χ3n) is 2.91. The summed E-state index contributed by atoms with van der Waals surface area (Å²) in [5.41, 5.74) is 4.71. The van der Waals surface area contributed by atoms with Gasteiger partial charge in [-0.1, -0.05) is 23.5 Å². The molecule has 0 aliphatic heterocycles. The number of nitrogens with one attached hydrogen (secondary N) is 1. The zero-order chi connectivity index (χ0) is 16.1. The van der Waals surface area contributed by atoms with Gasteiger partial charge in [0.2, 0.25) is 5.13 Å². The molecule has 0 fully saturated rings. The minimum Gasteiger partial charge on any atom is -0.482 e. The van der Waals surface area contributed by atoms with Crippen molar-refractivity contribution < 1.29 is 14.6 Å². The normalized spacial score (nSPS) is 11.0. The fraction of sp³-hybridized carbons (Fsp3) is 0.0625. The van der Waals surface area contributed by atoms with Gasteiger partial charge < -0.3 is 9.84 Å². The van der Waals surface area contributed by atoms with Gasteiger partial charge in [0.05, 0.1) is 16.4 Å². The zero-order valence-corrected chi connectivity index (χ0v) is 12.8. The van der Waals surface area contributed by atoms with E-state index in [0.29, 0.717) is 5.75 Å². The van der Waals surface area contributed by atoms with Crippen molar-refractivity contribution in [2.45, 2.75) is 0 Å². The fourth-order valence-corrected chi connectivity index (χ4v) is 2.69. The molecule has 0 spiro atoms. The van der Waals surface area contributed by atoms with Crippen LogP contribution in [0, 0.1) is 0 Å². The quantitative estimate of drug-likeness (QED) is 0.536. The van der Waals surface area contributed by atoms with Gasteiger partial charge in [0.1, 0.15) is 5.75 Å². The Morgan fingerprint density at radius 3 is 2.78 bits per heavy atom. The van der Waals surface area contributed by atoms with Crippen LogP contribution in [0.15, 0.2) is 53.6 Å². The van der Waals surface area contributed by atoms with Crippen LogP contribution >= 0.6 is 11.3 Å². The summed E-state index contributed by atoms with van der Waals surface area (Å²) in [6.07, 6.45) is 1.66. The molecule has 0 amide bonds. The van der Waals surface area contributed by atoms with Gasteiger partial charge >= 0.3 is 5.97 Å². The second-order valence-corrected chi connectivity index (χ2v) is 5.64. The minimum atomic E-state index is -1.00. The summed E-state index contributed by atoms with van der Waals surface area (Å²) in [6.45, 7) is -0.355. The molecule has 23 heavy (non-hydrogen) atoms. The molecule has 3 rings (SSSR count). The molecule has 116 valence electrons. The number of carboxylic acid groups (broad SMARTS) is 1. The lowest BCUT2D eigenvalue weighted by Crippen LogP contribution is -2.09. The van der Waals surface area contributed by atoms with Crippen molar-refractivity contribution in [2.75, 3.05) is 12.0 Å². The lowest BCUT2D eigenvalue weighted by atomic mass is 10.2. The number of rotatable bonds is 6. The van der Waals surface area contributed by atoms with Gasteiger partial charge in [0.25, 0.3) is 0 Å². The fourth-order valence-electron chi connectivity index (χ4n) is 1.88. The number of aliphatic carboxylic acids is 1. The van der Waals surface area contributed by atoms with E-state index in [2.05, 4.69) is 15.5 Å². The number of ether oxygens (including phenoxy) is 1. The Balaban J connectivity index is 1.60. The summed E-state index contributed by atoms with van der Waals surface area (Å²) < 4.78 is 6.16. The molecular weight excluding hydrogens is 314 g/mol. The van der Waals surface area contributed by atoms with Crippen LogP contribution in [0.25, 0.3) is 10.2 Å². The van der Waals surface area contributed by atoms with Crippen molar-refractivity contribution in [2.24, 2.45) is 5.10 Å². The molecule has 0 aliphatic rings. The Morgan fingerprint density at radius 2 is 2.04 bits per heavy atom. The highest BCUT2D eigenvalue weighted by Crippen LogP contribution is 2.25. The predicted octanol–water partition coefficient (Wildman–Crippen LogP) is 3.21. The molecule has 6 nitrogen and oxygen atoms in total. The van der Waals surface area contributed by atoms with E-state index < -0.39 is 5.97 Å². The summed E-state index contributed by atoms with van der Waals surface area (Å²) in [7, 11) is 0. The van der Waals surface area contributed by atoms with E-state index in [0.717, 1.165) is 20.9 Å². The lowest BCUT2D eigenvalue weighted by Gasteiger charge is -2.02. The molecule has 0 unspecified atom stereocenters. The topological polar surface area (TPSA) is 83.8 Å². The lowest BCUT2D eigenvalue weighted by molar-refractivity contribution is -0.139. The van der Waals surface area contributed by atoms with Gasteiger partial charge in [-0.05, 0) is 42.0 Å². The summed E-state index contributed by atoms with van der Waals surface area (Å²) in [4.78, 5) is 14.8. The summed E-state index contributed by atoms with van der Waals surface area (Å²) >= 11 is 1.53. The Labute approximate surface area is 136 Å². The largest absolute Gasteiger partial charge is 0.482 e. The van der Waals surface area contributed by atoms with Crippen molar-refractivity contribution in [3.63, 3.8) is 0 Å². The highest BCUT2D eigenvalue weighted by molar-refractivity contribution is 7.22. The maximum atomic E-state index is 10.4. The van der Waals surface area contributed by atoms with E-state index in [9.17, 15) is 4.79 Å². The van der Waals surface area contributed by atoms with Crippen molar-refractivity contribution in [3.8, 4) is 5.75 Å². The smallest absolute Gasteiger partial charge is 0.341 e. The van der Waals surface area contributed by atoms with Crippen LogP contribution < -0.4 is 10.2 Å². The molecule has 7 heteroatoms. The van der Waals surface area contributed by atoms with Crippen molar-refractivity contribution in [3.05, 3.63) is 54.1 Å². The number of hydrazone groups is 1. The van der Waals surface area contributed by atoms with Gasteiger partial charge in [-0.15, -0.1) is 0 Å². The monoisotopic (exact) mass is 327 g/mol. The van der Waals surface area contributed by atoms with E-state index in [1.807, 2.05) is 24.3 Å². The van der Waals surface area contributed by atoms with E-state index in [4.69, 9.17) is 9.84 Å². The molecule has 0 radical (unpaired) electrons. The maximum Gasteiger partial charge on any atom is 0.341 e. The van der Waals surface area contributed by atoms with E-state index in [-0.39, 0.29) is 6.61 Å². The molecule has 2 N–H and O–H groups in total. The number of hydrogen-bond donors (Lipinski definition) is 2. The van der Waals surface area contributed by atoms with Crippen LogP contribution in [0.3, 0.4) is 0 Å². The van der Waals surface area contributed by atoms with Gasteiger partial charge in [0.15, 0.2) is 6.61 Å². The number of thiazole rings is 1. The Morgan fingerprint density at radius 1 is 1.26 bits per heavy atom. The van der Waals surface area contributed by atoms with Crippen LogP contribution in [0.2, 0.25) is 0 Å². The Kier molecular flexibility index (Phi) is 4.49. The number of nitrogens with zero attached hydrogens (tertiary/aromatic N) is 2. The predicted molar refractivity (Wildman–Crippen MR) is 90.4 cm³/mol.